The first-order valence-corrected chi connectivity index (χ1v) is 7.48. The van der Waals surface area contributed by atoms with E-state index in [-0.39, 0.29) is 18.2 Å². The molecule has 0 aromatic heterocycles. The van der Waals surface area contributed by atoms with Crippen LogP contribution in [-0.4, -0.2) is 23.9 Å². The molecule has 1 fully saturated rings. The number of imide groups is 1. The van der Waals surface area contributed by atoms with Crippen LogP contribution in [0.15, 0.2) is 48.5 Å². The monoisotopic (exact) mass is 328 g/mol. The molecule has 1 aliphatic heterocycles. The van der Waals surface area contributed by atoms with Crippen molar-refractivity contribution in [3.8, 4) is 5.75 Å². The van der Waals surface area contributed by atoms with Gasteiger partial charge in [-0.05, 0) is 30.2 Å². The number of methoxy groups -OCH3 is 1. The lowest BCUT2D eigenvalue weighted by Crippen LogP contribution is -2.40. The highest BCUT2D eigenvalue weighted by atomic mass is 19.1. The second-order valence-corrected chi connectivity index (χ2v) is 5.78. The SMILES string of the molecule is COc1ccc(CN2C(=O)NC(C)(c3ccccc3)C2=O)cc1F. The molecule has 24 heavy (non-hydrogen) atoms. The fraction of sp³-hybridized carbons (Fsp3) is 0.222. The maximum Gasteiger partial charge on any atom is 0.325 e. The number of rotatable bonds is 4. The summed E-state index contributed by atoms with van der Waals surface area (Å²) in [5.74, 6) is -0.784. The summed E-state index contributed by atoms with van der Waals surface area (Å²) in [5.41, 5.74) is 0.0875. The zero-order valence-electron chi connectivity index (χ0n) is 13.4. The van der Waals surface area contributed by atoms with Gasteiger partial charge in [0.2, 0.25) is 0 Å². The van der Waals surface area contributed by atoms with Crippen LogP contribution in [0, 0.1) is 5.82 Å². The van der Waals surface area contributed by atoms with Crippen molar-refractivity contribution in [3.05, 3.63) is 65.5 Å². The van der Waals surface area contributed by atoms with Crippen molar-refractivity contribution >= 4 is 11.9 Å². The maximum absolute atomic E-state index is 13.8. The first-order chi connectivity index (χ1) is 11.5. The lowest BCUT2D eigenvalue weighted by atomic mass is 9.92. The Bertz CT molecular complexity index is 794. The second kappa shape index (κ2) is 5.96. The minimum Gasteiger partial charge on any atom is -0.494 e. The third-order valence-electron chi connectivity index (χ3n) is 4.18. The summed E-state index contributed by atoms with van der Waals surface area (Å²) in [6.45, 7) is 1.66. The van der Waals surface area contributed by atoms with Gasteiger partial charge in [-0.1, -0.05) is 36.4 Å². The maximum atomic E-state index is 13.8. The standard InChI is InChI=1S/C18H17FN2O3/c1-18(13-6-4-3-5-7-13)16(22)21(17(23)20-18)11-12-8-9-15(24-2)14(19)10-12/h3-10H,11H2,1-2H3,(H,20,23). The molecule has 1 heterocycles. The first-order valence-electron chi connectivity index (χ1n) is 7.48. The normalized spacial score (nSPS) is 20.2. The van der Waals surface area contributed by atoms with E-state index in [9.17, 15) is 14.0 Å². The van der Waals surface area contributed by atoms with Crippen molar-refractivity contribution in [2.45, 2.75) is 19.0 Å². The summed E-state index contributed by atoms with van der Waals surface area (Å²) in [4.78, 5) is 26.1. The molecule has 2 aromatic carbocycles. The van der Waals surface area contributed by atoms with Crippen LogP contribution in [0.2, 0.25) is 0 Å². The average Bonchev–Trinajstić information content (AvgIpc) is 2.80. The summed E-state index contributed by atoms with van der Waals surface area (Å²) in [5, 5.41) is 2.72. The average molecular weight is 328 g/mol. The second-order valence-electron chi connectivity index (χ2n) is 5.78. The number of hydrogen-bond donors (Lipinski definition) is 1. The van der Waals surface area contributed by atoms with Gasteiger partial charge in [0.1, 0.15) is 5.54 Å². The first kappa shape index (κ1) is 16.0. The number of carbonyl (C=O) groups is 2. The molecule has 1 saturated heterocycles. The van der Waals surface area contributed by atoms with E-state index >= 15 is 0 Å². The van der Waals surface area contributed by atoms with Crippen molar-refractivity contribution < 1.29 is 18.7 Å². The molecule has 3 amide bonds. The topological polar surface area (TPSA) is 58.6 Å². The number of carbonyl (C=O) groups excluding carboxylic acids is 2. The van der Waals surface area contributed by atoms with E-state index in [1.807, 2.05) is 18.2 Å². The highest BCUT2D eigenvalue weighted by Gasteiger charge is 2.48. The Morgan fingerprint density at radius 1 is 1.17 bits per heavy atom. The Balaban J connectivity index is 1.86. The number of nitrogens with zero attached hydrogens (tertiary/aromatic N) is 1. The molecule has 0 radical (unpaired) electrons. The van der Waals surface area contributed by atoms with Gasteiger partial charge in [0.15, 0.2) is 11.6 Å². The predicted molar refractivity (Wildman–Crippen MR) is 85.8 cm³/mol. The van der Waals surface area contributed by atoms with Gasteiger partial charge >= 0.3 is 6.03 Å². The van der Waals surface area contributed by atoms with Crippen LogP contribution >= 0.6 is 0 Å². The minimum absolute atomic E-state index is 0.00595. The molecule has 1 atom stereocenters. The molecule has 5 nitrogen and oxygen atoms in total. The van der Waals surface area contributed by atoms with Gasteiger partial charge in [-0.25, -0.2) is 9.18 Å². The molecule has 1 aliphatic rings. The van der Waals surface area contributed by atoms with Gasteiger partial charge in [0.25, 0.3) is 5.91 Å². The number of nitrogens with one attached hydrogen (secondary N) is 1. The van der Waals surface area contributed by atoms with Crippen LogP contribution in [0.4, 0.5) is 9.18 Å². The van der Waals surface area contributed by atoms with Crippen LogP contribution in [0.5, 0.6) is 5.75 Å². The zero-order chi connectivity index (χ0) is 17.3. The van der Waals surface area contributed by atoms with E-state index < -0.39 is 17.4 Å². The minimum atomic E-state index is -1.12. The van der Waals surface area contributed by atoms with Crippen molar-refractivity contribution in [1.82, 2.24) is 10.2 Å². The summed E-state index contributed by atoms with van der Waals surface area (Å²) >= 11 is 0. The number of hydrogen-bond acceptors (Lipinski definition) is 3. The number of urea groups is 1. The molecule has 0 spiro atoms. The van der Waals surface area contributed by atoms with Gasteiger partial charge in [-0.3, -0.25) is 9.69 Å². The molecular weight excluding hydrogens is 311 g/mol. The van der Waals surface area contributed by atoms with Crippen molar-refractivity contribution in [2.24, 2.45) is 0 Å². The van der Waals surface area contributed by atoms with E-state index in [0.29, 0.717) is 11.1 Å². The lowest BCUT2D eigenvalue weighted by Gasteiger charge is -2.22. The largest absolute Gasteiger partial charge is 0.494 e. The molecule has 2 aromatic rings. The Morgan fingerprint density at radius 2 is 1.88 bits per heavy atom. The van der Waals surface area contributed by atoms with Gasteiger partial charge in [0.05, 0.1) is 13.7 Å². The van der Waals surface area contributed by atoms with Crippen LogP contribution in [0.1, 0.15) is 18.1 Å². The quantitative estimate of drug-likeness (QED) is 0.878. The van der Waals surface area contributed by atoms with Crippen molar-refractivity contribution in [1.29, 1.82) is 0 Å². The van der Waals surface area contributed by atoms with E-state index in [2.05, 4.69) is 5.32 Å². The molecule has 124 valence electrons. The number of amides is 3. The smallest absolute Gasteiger partial charge is 0.325 e. The van der Waals surface area contributed by atoms with Gasteiger partial charge < -0.3 is 10.1 Å². The van der Waals surface area contributed by atoms with Crippen molar-refractivity contribution in [3.63, 3.8) is 0 Å². The Morgan fingerprint density at radius 3 is 2.50 bits per heavy atom. The fourth-order valence-electron chi connectivity index (χ4n) is 2.80. The van der Waals surface area contributed by atoms with E-state index in [4.69, 9.17) is 4.74 Å². The van der Waals surface area contributed by atoms with Crippen LogP contribution in [-0.2, 0) is 16.9 Å². The van der Waals surface area contributed by atoms with Crippen molar-refractivity contribution in [2.75, 3.05) is 7.11 Å². The highest BCUT2D eigenvalue weighted by molar-refractivity contribution is 6.07. The summed E-state index contributed by atoms with van der Waals surface area (Å²) in [6.07, 6.45) is 0. The molecule has 1 unspecified atom stereocenters. The molecule has 0 saturated carbocycles. The molecule has 6 heteroatoms. The fourth-order valence-corrected chi connectivity index (χ4v) is 2.80. The van der Waals surface area contributed by atoms with Gasteiger partial charge in [-0.15, -0.1) is 0 Å². The van der Waals surface area contributed by atoms with E-state index in [1.54, 1.807) is 25.1 Å². The Hall–Kier alpha value is -2.89. The summed E-state index contributed by atoms with van der Waals surface area (Å²) in [6, 6.07) is 12.9. The molecule has 0 aliphatic carbocycles. The molecule has 3 rings (SSSR count). The highest BCUT2D eigenvalue weighted by Crippen LogP contribution is 2.30. The van der Waals surface area contributed by atoms with Crippen LogP contribution < -0.4 is 10.1 Å². The predicted octanol–water partition coefficient (Wildman–Crippen LogP) is 2.80. The lowest BCUT2D eigenvalue weighted by molar-refractivity contribution is -0.131. The van der Waals surface area contributed by atoms with E-state index in [0.717, 1.165) is 4.90 Å². The van der Waals surface area contributed by atoms with Gasteiger partial charge in [-0.2, -0.15) is 0 Å². The molecule has 1 N–H and O–H groups in total. The third kappa shape index (κ3) is 2.60. The van der Waals surface area contributed by atoms with Crippen LogP contribution in [0.25, 0.3) is 0 Å². The van der Waals surface area contributed by atoms with E-state index in [1.165, 1.54) is 19.2 Å². The van der Waals surface area contributed by atoms with Gasteiger partial charge in [0, 0.05) is 0 Å². The zero-order valence-corrected chi connectivity index (χ0v) is 13.4. The van der Waals surface area contributed by atoms with Crippen LogP contribution in [0.3, 0.4) is 0 Å². The number of benzene rings is 2. The summed E-state index contributed by atoms with van der Waals surface area (Å²) in [7, 11) is 1.38. The number of halogens is 1. The Labute approximate surface area is 139 Å². The number of ether oxygens (including phenoxy) is 1. The molecular formula is C18H17FN2O3. The molecule has 0 bridgehead atoms. The summed E-state index contributed by atoms with van der Waals surface area (Å²) < 4.78 is 18.7. The third-order valence-corrected chi connectivity index (χ3v) is 4.18. The Kier molecular flexibility index (Phi) is 3.97.